The van der Waals surface area contributed by atoms with Crippen LogP contribution in [0.1, 0.15) is 15.9 Å². The average Bonchev–Trinajstić information content (AvgIpc) is 2.77. The van der Waals surface area contributed by atoms with Gasteiger partial charge in [-0.05, 0) is 41.5 Å². The molecule has 5 heteroatoms. The third kappa shape index (κ3) is 4.09. The number of aldehydes is 1. The van der Waals surface area contributed by atoms with E-state index in [0.29, 0.717) is 24.4 Å². The second-order valence-corrected chi connectivity index (χ2v) is 7.31. The molecule has 1 aliphatic heterocycles. The number of fused-ring (bicyclic) bond motifs is 1. The number of piperazine rings is 1. The van der Waals surface area contributed by atoms with Gasteiger partial charge in [0.2, 0.25) is 0 Å². The predicted octanol–water partition coefficient (Wildman–Crippen LogP) is 3.69. The van der Waals surface area contributed by atoms with E-state index in [9.17, 15) is 9.59 Å². The summed E-state index contributed by atoms with van der Waals surface area (Å²) in [6, 6.07) is 19.7. The fourth-order valence-corrected chi connectivity index (χ4v) is 3.79. The lowest BCUT2D eigenvalue weighted by molar-refractivity contribution is -0.133. The number of amides is 1. The predicted molar refractivity (Wildman–Crippen MR) is 115 cm³/mol. The summed E-state index contributed by atoms with van der Waals surface area (Å²) in [7, 11) is 0. The number of rotatable bonds is 5. The van der Waals surface area contributed by atoms with Crippen molar-refractivity contribution in [1.82, 2.24) is 4.90 Å². The van der Waals surface area contributed by atoms with Crippen LogP contribution in [0.2, 0.25) is 0 Å². The zero-order valence-corrected chi connectivity index (χ0v) is 16.5. The standard InChI is InChI=1S/C24H24N2O3/c1-18-5-4-7-20(15-18)25-11-13-26(14-12-25)24(28)17-29-23-10-9-19-6-2-3-8-21(19)22(23)16-27/h2-10,15-16H,11-14,17H2,1H3. The first-order valence-electron chi connectivity index (χ1n) is 9.85. The molecule has 1 heterocycles. The summed E-state index contributed by atoms with van der Waals surface area (Å²) >= 11 is 0. The first-order chi connectivity index (χ1) is 14.2. The Bertz CT molecular complexity index is 1040. The van der Waals surface area contributed by atoms with Crippen LogP contribution in [0.25, 0.3) is 10.8 Å². The molecule has 1 aliphatic rings. The van der Waals surface area contributed by atoms with E-state index >= 15 is 0 Å². The highest BCUT2D eigenvalue weighted by Gasteiger charge is 2.22. The summed E-state index contributed by atoms with van der Waals surface area (Å²) in [5.74, 6) is 0.393. The molecule has 3 aromatic rings. The smallest absolute Gasteiger partial charge is 0.260 e. The fraction of sp³-hybridized carbons (Fsp3) is 0.250. The summed E-state index contributed by atoms with van der Waals surface area (Å²) in [5.41, 5.74) is 2.91. The zero-order valence-electron chi connectivity index (χ0n) is 16.5. The van der Waals surface area contributed by atoms with Crippen LogP contribution >= 0.6 is 0 Å². The van der Waals surface area contributed by atoms with E-state index in [1.54, 1.807) is 6.07 Å². The van der Waals surface area contributed by atoms with Gasteiger partial charge in [0.1, 0.15) is 5.75 Å². The van der Waals surface area contributed by atoms with Gasteiger partial charge in [0, 0.05) is 31.9 Å². The van der Waals surface area contributed by atoms with Crippen molar-refractivity contribution in [2.45, 2.75) is 6.92 Å². The van der Waals surface area contributed by atoms with Gasteiger partial charge in [-0.25, -0.2) is 0 Å². The maximum Gasteiger partial charge on any atom is 0.260 e. The van der Waals surface area contributed by atoms with E-state index in [-0.39, 0.29) is 12.5 Å². The Morgan fingerprint density at radius 1 is 1.00 bits per heavy atom. The molecule has 148 valence electrons. The van der Waals surface area contributed by atoms with E-state index in [1.807, 2.05) is 35.2 Å². The van der Waals surface area contributed by atoms with Gasteiger partial charge >= 0.3 is 0 Å². The molecule has 0 N–H and O–H groups in total. The zero-order chi connectivity index (χ0) is 20.2. The minimum atomic E-state index is -0.0658. The third-order valence-electron chi connectivity index (χ3n) is 5.40. The van der Waals surface area contributed by atoms with Crippen LogP contribution in [0.4, 0.5) is 5.69 Å². The van der Waals surface area contributed by atoms with Crippen molar-refractivity contribution in [2.75, 3.05) is 37.7 Å². The first kappa shape index (κ1) is 19.0. The molecule has 0 atom stereocenters. The Morgan fingerprint density at radius 3 is 2.55 bits per heavy atom. The van der Waals surface area contributed by atoms with E-state index in [2.05, 4.69) is 36.1 Å². The SMILES string of the molecule is Cc1cccc(N2CCN(C(=O)COc3ccc4ccccc4c3C=O)CC2)c1. The largest absolute Gasteiger partial charge is 0.483 e. The van der Waals surface area contributed by atoms with Gasteiger partial charge in [0.25, 0.3) is 5.91 Å². The number of nitrogens with zero attached hydrogens (tertiary/aromatic N) is 2. The molecular weight excluding hydrogens is 364 g/mol. The summed E-state index contributed by atoms with van der Waals surface area (Å²) in [6.45, 7) is 4.93. The molecule has 1 fully saturated rings. The van der Waals surface area contributed by atoms with E-state index in [1.165, 1.54) is 11.3 Å². The lowest BCUT2D eigenvalue weighted by Gasteiger charge is -2.36. The van der Waals surface area contributed by atoms with E-state index in [0.717, 1.165) is 30.1 Å². The molecule has 0 aromatic heterocycles. The number of ether oxygens (including phenoxy) is 1. The van der Waals surface area contributed by atoms with E-state index in [4.69, 9.17) is 4.74 Å². The Morgan fingerprint density at radius 2 is 1.79 bits per heavy atom. The highest BCUT2D eigenvalue weighted by Crippen LogP contribution is 2.26. The molecule has 0 radical (unpaired) electrons. The number of aryl methyl sites for hydroxylation is 1. The minimum Gasteiger partial charge on any atom is -0.483 e. The molecule has 4 rings (SSSR count). The fourth-order valence-electron chi connectivity index (χ4n) is 3.79. The number of hydrogen-bond acceptors (Lipinski definition) is 4. The highest BCUT2D eigenvalue weighted by molar-refractivity contribution is 6.00. The quantitative estimate of drug-likeness (QED) is 0.626. The maximum absolute atomic E-state index is 12.6. The number of benzene rings is 3. The van der Waals surface area contributed by atoms with Crippen LogP contribution in [0.3, 0.4) is 0 Å². The molecule has 0 aliphatic carbocycles. The van der Waals surface area contributed by atoms with Gasteiger partial charge in [0.15, 0.2) is 12.9 Å². The van der Waals surface area contributed by atoms with Crippen LogP contribution in [0.5, 0.6) is 5.75 Å². The lowest BCUT2D eigenvalue weighted by Crippen LogP contribution is -2.50. The van der Waals surface area contributed by atoms with Gasteiger partial charge < -0.3 is 14.5 Å². The molecule has 5 nitrogen and oxygen atoms in total. The average molecular weight is 388 g/mol. The molecule has 29 heavy (non-hydrogen) atoms. The Kier molecular flexibility index (Phi) is 5.47. The van der Waals surface area contributed by atoms with Crippen molar-refractivity contribution in [3.05, 3.63) is 71.8 Å². The Labute approximate surface area is 170 Å². The van der Waals surface area contributed by atoms with Gasteiger partial charge in [-0.2, -0.15) is 0 Å². The molecule has 1 amide bonds. The lowest BCUT2D eigenvalue weighted by atomic mass is 10.0. The van der Waals surface area contributed by atoms with Crippen molar-refractivity contribution >= 4 is 28.7 Å². The monoisotopic (exact) mass is 388 g/mol. The van der Waals surface area contributed by atoms with Crippen LogP contribution in [0, 0.1) is 6.92 Å². The van der Waals surface area contributed by atoms with Crippen molar-refractivity contribution in [3.8, 4) is 5.75 Å². The molecule has 1 saturated heterocycles. The molecular formula is C24H24N2O3. The molecule has 3 aromatic carbocycles. The minimum absolute atomic E-state index is 0.0566. The molecule has 0 saturated carbocycles. The highest BCUT2D eigenvalue weighted by atomic mass is 16.5. The van der Waals surface area contributed by atoms with Crippen molar-refractivity contribution in [3.63, 3.8) is 0 Å². The summed E-state index contributed by atoms with van der Waals surface area (Å²) in [6.07, 6.45) is 0.794. The van der Waals surface area contributed by atoms with Gasteiger partial charge in [-0.3, -0.25) is 9.59 Å². The summed E-state index contributed by atoms with van der Waals surface area (Å²) < 4.78 is 5.74. The second-order valence-electron chi connectivity index (χ2n) is 7.31. The van der Waals surface area contributed by atoms with Crippen molar-refractivity contribution in [2.24, 2.45) is 0 Å². The Hall–Kier alpha value is -3.34. The number of carbonyl (C=O) groups is 2. The van der Waals surface area contributed by atoms with Crippen LogP contribution in [-0.2, 0) is 4.79 Å². The van der Waals surface area contributed by atoms with E-state index < -0.39 is 0 Å². The summed E-state index contributed by atoms with van der Waals surface area (Å²) in [4.78, 5) is 28.4. The van der Waals surface area contributed by atoms with Gasteiger partial charge in [-0.1, -0.05) is 42.5 Å². The number of hydrogen-bond donors (Lipinski definition) is 0. The van der Waals surface area contributed by atoms with Crippen LogP contribution in [-0.4, -0.2) is 49.9 Å². The molecule has 0 bridgehead atoms. The normalized spacial score (nSPS) is 14.1. The first-order valence-corrected chi connectivity index (χ1v) is 9.85. The second kappa shape index (κ2) is 8.35. The summed E-state index contributed by atoms with van der Waals surface area (Å²) in [5, 5.41) is 1.81. The van der Waals surface area contributed by atoms with Gasteiger partial charge in [-0.15, -0.1) is 0 Å². The third-order valence-corrected chi connectivity index (χ3v) is 5.40. The Balaban J connectivity index is 1.37. The number of carbonyl (C=O) groups excluding carboxylic acids is 2. The van der Waals surface area contributed by atoms with Crippen molar-refractivity contribution < 1.29 is 14.3 Å². The topological polar surface area (TPSA) is 49.9 Å². The number of anilines is 1. The maximum atomic E-state index is 12.6. The molecule has 0 spiro atoms. The van der Waals surface area contributed by atoms with Crippen molar-refractivity contribution in [1.29, 1.82) is 0 Å². The van der Waals surface area contributed by atoms with Crippen LogP contribution in [0.15, 0.2) is 60.7 Å². The van der Waals surface area contributed by atoms with Crippen LogP contribution < -0.4 is 9.64 Å². The molecule has 0 unspecified atom stereocenters. The van der Waals surface area contributed by atoms with Gasteiger partial charge in [0.05, 0.1) is 5.56 Å².